The highest BCUT2D eigenvalue weighted by Crippen LogP contribution is 2.49. The number of ether oxygens (including phenoxy) is 1. The van der Waals surface area contributed by atoms with E-state index in [1.54, 1.807) is 11.1 Å². The fourth-order valence-corrected chi connectivity index (χ4v) is 6.06. The fraction of sp³-hybridized carbons (Fsp3) is 0.435. The molecule has 156 valence electrons. The molecule has 5 nitrogen and oxygen atoms in total. The van der Waals surface area contributed by atoms with Gasteiger partial charge in [-0.25, -0.2) is 4.98 Å². The lowest BCUT2D eigenvalue weighted by molar-refractivity contribution is -0.131. The van der Waals surface area contributed by atoms with Crippen molar-refractivity contribution in [3.63, 3.8) is 0 Å². The van der Waals surface area contributed by atoms with Gasteiger partial charge in [0.1, 0.15) is 6.10 Å². The van der Waals surface area contributed by atoms with Crippen molar-refractivity contribution in [2.45, 2.75) is 56.0 Å². The molecule has 1 fully saturated rings. The summed E-state index contributed by atoms with van der Waals surface area (Å²) >= 11 is 5.07. The lowest BCUT2D eigenvalue weighted by Crippen LogP contribution is -2.41. The molecular formula is C23H23BrN2O3S. The van der Waals surface area contributed by atoms with Crippen molar-refractivity contribution in [3.05, 3.63) is 58.3 Å². The van der Waals surface area contributed by atoms with Crippen LogP contribution in [0.3, 0.4) is 0 Å². The molecule has 0 N–H and O–H groups in total. The Hall–Kier alpha value is -1.99. The molecule has 0 spiro atoms. The first-order chi connectivity index (χ1) is 14.5. The molecule has 4 unspecified atom stereocenters. The Bertz CT molecular complexity index is 1020. The number of anilines is 1. The minimum atomic E-state index is -0.496. The van der Waals surface area contributed by atoms with Crippen molar-refractivity contribution in [1.29, 1.82) is 0 Å². The number of hydrogen-bond donors (Lipinski definition) is 0. The number of amides is 1. The Balaban J connectivity index is 1.61. The summed E-state index contributed by atoms with van der Waals surface area (Å²) in [5.74, 6) is 0.222. The molecule has 0 bridgehead atoms. The van der Waals surface area contributed by atoms with Gasteiger partial charge >= 0.3 is 0 Å². The van der Waals surface area contributed by atoms with Gasteiger partial charge in [0.05, 0.1) is 17.5 Å². The van der Waals surface area contributed by atoms with E-state index in [-0.39, 0.29) is 29.5 Å². The van der Waals surface area contributed by atoms with Crippen LogP contribution in [0.25, 0.3) is 0 Å². The number of carbonyl (C=O) groups excluding carboxylic acids is 2. The van der Waals surface area contributed by atoms with E-state index in [0.717, 1.165) is 24.8 Å². The zero-order chi connectivity index (χ0) is 21.0. The van der Waals surface area contributed by atoms with Gasteiger partial charge < -0.3 is 4.74 Å². The molecule has 1 aromatic heterocycles. The molecule has 0 radical (unpaired) electrons. The van der Waals surface area contributed by atoms with Crippen molar-refractivity contribution < 1.29 is 14.3 Å². The number of Topliss-reactive ketones (excluding diaryl/α,β-unsaturated/α-hetero) is 1. The maximum atomic E-state index is 13.7. The predicted octanol–water partition coefficient (Wildman–Crippen LogP) is 5.14. The van der Waals surface area contributed by atoms with Crippen LogP contribution in [0.2, 0.25) is 0 Å². The number of fused-ring (bicyclic) bond motifs is 1. The average molecular weight is 487 g/mol. The fourth-order valence-electron chi connectivity index (χ4n) is 4.73. The van der Waals surface area contributed by atoms with Gasteiger partial charge in [-0.15, -0.1) is 11.3 Å². The third-order valence-electron chi connectivity index (χ3n) is 6.33. The number of carbonyl (C=O) groups is 2. The summed E-state index contributed by atoms with van der Waals surface area (Å²) in [6, 6.07) is 7.71. The molecule has 4 atom stereocenters. The van der Waals surface area contributed by atoms with Crippen molar-refractivity contribution in [1.82, 2.24) is 4.98 Å². The number of halogens is 1. The first kappa shape index (κ1) is 19.9. The summed E-state index contributed by atoms with van der Waals surface area (Å²) in [6.45, 7) is 4.30. The summed E-state index contributed by atoms with van der Waals surface area (Å²) in [4.78, 5) is 33.4. The van der Waals surface area contributed by atoms with Crippen LogP contribution in [-0.4, -0.2) is 27.6 Å². The SMILES string of the molecule is CC(C)c1ccc(C2C3=C(OC4CCC(Br)CC4C3=O)C(=O)N2c2nccs2)cc1. The van der Waals surface area contributed by atoms with E-state index in [1.807, 2.05) is 17.5 Å². The van der Waals surface area contributed by atoms with Crippen molar-refractivity contribution in [2.24, 2.45) is 5.92 Å². The van der Waals surface area contributed by atoms with Crippen LogP contribution in [0.15, 0.2) is 47.2 Å². The second-order valence-corrected chi connectivity index (χ2v) is 10.7. The van der Waals surface area contributed by atoms with Crippen molar-refractivity contribution >= 4 is 44.1 Å². The summed E-state index contributed by atoms with van der Waals surface area (Å²) in [5, 5.41) is 2.43. The van der Waals surface area contributed by atoms with Crippen LogP contribution in [0, 0.1) is 5.92 Å². The largest absolute Gasteiger partial charge is 0.483 e. The van der Waals surface area contributed by atoms with Gasteiger partial charge in [0.15, 0.2) is 16.7 Å². The second kappa shape index (κ2) is 7.61. The Morgan fingerprint density at radius 2 is 1.97 bits per heavy atom. The Kier molecular flexibility index (Phi) is 5.06. The van der Waals surface area contributed by atoms with Gasteiger partial charge in [-0.1, -0.05) is 54.0 Å². The van der Waals surface area contributed by atoms with Crippen LogP contribution in [-0.2, 0) is 14.3 Å². The predicted molar refractivity (Wildman–Crippen MR) is 120 cm³/mol. The molecule has 7 heteroatoms. The lowest BCUT2D eigenvalue weighted by Gasteiger charge is -2.37. The van der Waals surface area contributed by atoms with Gasteiger partial charge in [-0.2, -0.15) is 0 Å². The molecule has 1 aromatic carbocycles. The lowest BCUT2D eigenvalue weighted by atomic mass is 9.77. The van der Waals surface area contributed by atoms with Crippen molar-refractivity contribution in [2.75, 3.05) is 4.90 Å². The molecule has 3 aliphatic rings. The maximum absolute atomic E-state index is 13.7. The first-order valence-electron chi connectivity index (χ1n) is 10.4. The zero-order valence-electron chi connectivity index (χ0n) is 16.9. The molecule has 30 heavy (non-hydrogen) atoms. The van der Waals surface area contributed by atoms with E-state index in [0.29, 0.717) is 21.4 Å². The Morgan fingerprint density at radius 1 is 1.20 bits per heavy atom. The van der Waals surface area contributed by atoms with Crippen LogP contribution in [0.1, 0.15) is 56.2 Å². The number of thiazole rings is 1. The zero-order valence-corrected chi connectivity index (χ0v) is 19.3. The number of hydrogen-bond acceptors (Lipinski definition) is 5. The summed E-state index contributed by atoms with van der Waals surface area (Å²) < 4.78 is 6.21. The Labute approximate surface area is 188 Å². The maximum Gasteiger partial charge on any atom is 0.296 e. The molecule has 2 aliphatic heterocycles. The van der Waals surface area contributed by atoms with Gasteiger partial charge in [0.2, 0.25) is 0 Å². The second-order valence-electron chi connectivity index (χ2n) is 8.49. The quantitative estimate of drug-likeness (QED) is 0.563. The number of ketones is 1. The molecule has 3 heterocycles. The molecule has 1 saturated carbocycles. The standard InChI is InChI=1S/C23H23BrN2O3S/c1-12(2)13-3-5-14(6-4-13)19-18-20(27)16-11-15(24)7-8-17(16)29-21(18)22(28)26(19)23-25-9-10-30-23/h3-6,9-10,12,15-17,19H,7-8,11H2,1-2H3. The number of rotatable bonds is 3. The van der Waals surface area contributed by atoms with E-state index in [1.165, 1.54) is 16.9 Å². The molecule has 2 aromatic rings. The van der Waals surface area contributed by atoms with Gasteiger partial charge in [0.25, 0.3) is 5.91 Å². The summed E-state index contributed by atoms with van der Waals surface area (Å²) in [7, 11) is 0. The first-order valence-corrected chi connectivity index (χ1v) is 12.2. The average Bonchev–Trinajstić information content (AvgIpc) is 3.35. The van der Waals surface area contributed by atoms with E-state index < -0.39 is 6.04 Å². The minimum Gasteiger partial charge on any atom is -0.483 e. The third kappa shape index (κ3) is 3.14. The van der Waals surface area contributed by atoms with Crippen LogP contribution >= 0.6 is 27.3 Å². The van der Waals surface area contributed by atoms with Gasteiger partial charge in [-0.3, -0.25) is 14.5 Å². The number of benzene rings is 1. The van der Waals surface area contributed by atoms with E-state index in [2.05, 4.69) is 46.9 Å². The normalized spacial score (nSPS) is 28.6. The molecule has 0 saturated heterocycles. The van der Waals surface area contributed by atoms with E-state index >= 15 is 0 Å². The number of alkyl halides is 1. The summed E-state index contributed by atoms with van der Waals surface area (Å²) in [5.41, 5.74) is 2.63. The van der Waals surface area contributed by atoms with Crippen molar-refractivity contribution in [3.8, 4) is 0 Å². The number of aromatic nitrogens is 1. The van der Waals surface area contributed by atoms with Crippen LogP contribution < -0.4 is 4.90 Å². The van der Waals surface area contributed by atoms with Gasteiger partial charge in [-0.05, 0) is 36.3 Å². The molecular weight excluding hydrogens is 464 g/mol. The molecule has 5 rings (SSSR count). The highest BCUT2D eigenvalue weighted by molar-refractivity contribution is 9.09. The van der Waals surface area contributed by atoms with Crippen LogP contribution in [0.5, 0.6) is 0 Å². The van der Waals surface area contributed by atoms with Gasteiger partial charge in [0, 0.05) is 16.4 Å². The molecule has 1 amide bonds. The smallest absolute Gasteiger partial charge is 0.296 e. The monoisotopic (exact) mass is 486 g/mol. The summed E-state index contributed by atoms with van der Waals surface area (Å²) in [6.07, 6.45) is 3.93. The van der Waals surface area contributed by atoms with E-state index in [4.69, 9.17) is 4.74 Å². The number of nitrogens with zero attached hydrogens (tertiary/aromatic N) is 2. The topological polar surface area (TPSA) is 59.5 Å². The van der Waals surface area contributed by atoms with E-state index in [9.17, 15) is 9.59 Å². The highest BCUT2D eigenvalue weighted by Gasteiger charge is 2.53. The third-order valence-corrected chi connectivity index (χ3v) is 7.93. The Morgan fingerprint density at radius 3 is 2.63 bits per heavy atom. The molecule has 1 aliphatic carbocycles. The van der Waals surface area contributed by atoms with Crippen LogP contribution in [0.4, 0.5) is 5.13 Å². The minimum absolute atomic E-state index is 0.0516. The highest BCUT2D eigenvalue weighted by atomic mass is 79.9.